The Morgan fingerprint density at radius 1 is 0.862 bits per heavy atom. The van der Waals surface area contributed by atoms with E-state index in [-0.39, 0.29) is 24.1 Å². The van der Waals surface area contributed by atoms with Gasteiger partial charge in [-0.3, -0.25) is 0 Å². The quantitative estimate of drug-likeness (QED) is 0.367. The van der Waals surface area contributed by atoms with Crippen LogP contribution in [0.25, 0.3) is 5.57 Å². The van der Waals surface area contributed by atoms with Gasteiger partial charge in [-0.2, -0.15) is 0 Å². The van der Waals surface area contributed by atoms with Crippen LogP contribution >= 0.6 is 0 Å². The molecule has 1 aromatic rings. The fourth-order valence-corrected chi connectivity index (χ4v) is 3.23. The van der Waals surface area contributed by atoms with Crippen LogP contribution in [0.3, 0.4) is 0 Å². The zero-order chi connectivity index (χ0) is 20.9. The Hall–Kier alpha value is -1.43. The summed E-state index contributed by atoms with van der Waals surface area (Å²) in [5.74, 6) is -0.257. The summed E-state index contributed by atoms with van der Waals surface area (Å²) in [6.45, 7) is 8.92. The molecule has 0 bridgehead atoms. The van der Waals surface area contributed by atoms with Gasteiger partial charge >= 0.3 is 0 Å². The van der Waals surface area contributed by atoms with Crippen molar-refractivity contribution in [3.63, 3.8) is 0 Å². The predicted molar refractivity (Wildman–Crippen MR) is 114 cm³/mol. The smallest absolute Gasteiger partial charge is 0.150 e. The van der Waals surface area contributed by atoms with Crippen LogP contribution in [0.5, 0.6) is 0 Å². The van der Waals surface area contributed by atoms with Crippen LogP contribution in [0.4, 0.5) is 4.39 Å². The lowest BCUT2D eigenvalue weighted by molar-refractivity contribution is -0.134. The van der Waals surface area contributed by atoms with Crippen LogP contribution in [0.15, 0.2) is 30.5 Å². The fourth-order valence-electron chi connectivity index (χ4n) is 3.23. The van der Waals surface area contributed by atoms with E-state index in [0.717, 1.165) is 49.7 Å². The molecule has 164 valence electrons. The maximum Gasteiger partial charge on any atom is 0.150 e. The third-order valence-electron chi connectivity index (χ3n) is 5.05. The molecule has 0 N–H and O–H groups in total. The van der Waals surface area contributed by atoms with Gasteiger partial charge < -0.3 is 18.9 Å². The van der Waals surface area contributed by atoms with Crippen LogP contribution in [0, 0.1) is 5.82 Å². The molecule has 5 heteroatoms. The minimum Gasteiger partial charge on any atom is -0.492 e. The summed E-state index contributed by atoms with van der Waals surface area (Å²) in [4.78, 5) is 0. The maximum atomic E-state index is 13.4. The van der Waals surface area contributed by atoms with Gasteiger partial charge in [-0.25, -0.2) is 4.39 Å². The SMILES string of the molecule is CCCCOC[C@H]1OC=C(c2ccc(F)cc2)[C@@H](OCCCC)[C@H]1OCCCC. The van der Waals surface area contributed by atoms with Crippen molar-refractivity contribution in [2.24, 2.45) is 0 Å². The molecule has 0 aromatic heterocycles. The molecule has 1 aliphatic rings. The molecule has 29 heavy (non-hydrogen) atoms. The summed E-state index contributed by atoms with van der Waals surface area (Å²) in [6, 6.07) is 6.46. The van der Waals surface area contributed by atoms with Crippen molar-refractivity contribution in [3.8, 4) is 0 Å². The van der Waals surface area contributed by atoms with E-state index in [1.165, 1.54) is 12.1 Å². The van der Waals surface area contributed by atoms with Crippen molar-refractivity contribution in [3.05, 3.63) is 41.9 Å². The van der Waals surface area contributed by atoms with Gasteiger partial charge in [-0.1, -0.05) is 52.2 Å². The van der Waals surface area contributed by atoms with E-state index >= 15 is 0 Å². The lowest BCUT2D eigenvalue weighted by Crippen LogP contribution is -2.48. The highest BCUT2D eigenvalue weighted by molar-refractivity contribution is 5.69. The molecule has 0 spiro atoms. The van der Waals surface area contributed by atoms with Gasteiger partial charge in [-0.15, -0.1) is 0 Å². The average Bonchev–Trinajstić information content (AvgIpc) is 2.73. The van der Waals surface area contributed by atoms with Crippen LogP contribution in [-0.2, 0) is 18.9 Å². The molecular formula is C24H37FO4. The Morgan fingerprint density at radius 3 is 2.14 bits per heavy atom. The number of hydrogen-bond acceptors (Lipinski definition) is 4. The highest BCUT2D eigenvalue weighted by Crippen LogP contribution is 2.32. The van der Waals surface area contributed by atoms with E-state index in [2.05, 4.69) is 20.8 Å². The summed E-state index contributed by atoms with van der Waals surface area (Å²) in [6.07, 6.45) is 7.21. The first kappa shape index (κ1) is 23.8. The number of benzene rings is 1. The van der Waals surface area contributed by atoms with Gasteiger partial charge in [0.15, 0.2) is 0 Å². The lowest BCUT2D eigenvalue weighted by atomic mass is 9.93. The average molecular weight is 409 g/mol. The minimum absolute atomic E-state index is 0.223. The van der Waals surface area contributed by atoms with E-state index < -0.39 is 0 Å². The van der Waals surface area contributed by atoms with E-state index in [1.54, 1.807) is 18.4 Å². The molecule has 0 amide bonds. The van der Waals surface area contributed by atoms with Gasteiger partial charge in [0.25, 0.3) is 0 Å². The third-order valence-corrected chi connectivity index (χ3v) is 5.05. The standard InChI is InChI=1S/C24H37FO4/c1-4-7-14-26-18-22-24(28-16-9-6-3)23(27-15-8-5-2)21(17-29-22)19-10-12-20(25)13-11-19/h10-13,17,22-24H,4-9,14-16,18H2,1-3H3/t22-,23-,24+/m1/s1. The Bertz CT molecular complexity index is 587. The topological polar surface area (TPSA) is 36.9 Å². The Morgan fingerprint density at radius 2 is 1.48 bits per heavy atom. The molecule has 1 aromatic carbocycles. The molecule has 3 atom stereocenters. The first-order chi connectivity index (χ1) is 14.2. The third kappa shape index (κ3) is 7.72. The molecule has 2 rings (SSSR count). The zero-order valence-electron chi connectivity index (χ0n) is 18.2. The first-order valence-corrected chi connectivity index (χ1v) is 11.1. The molecule has 0 unspecified atom stereocenters. The molecule has 1 aliphatic heterocycles. The second kappa shape index (κ2) is 13.7. The van der Waals surface area contributed by atoms with E-state index in [1.807, 2.05) is 0 Å². The molecule has 0 radical (unpaired) electrons. The monoisotopic (exact) mass is 408 g/mol. The first-order valence-electron chi connectivity index (χ1n) is 11.1. The fraction of sp³-hybridized carbons (Fsp3) is 0.667. The Kier molecular flexibility index (Phi) is 11.3. The summed E-state index contributed by atoms with van der Waals surface area (Å²) < 4.78 is 37.9. The van der Waals surface area contributed by atoms with Crippen molar-refractivity contribution in [1.29, 1.82) is 0 Å². The van der Waals surface area contributed by atoms with E-state index in [4.69, 9.17) is 18.9 Å². The van der Waals surface area contributed by atoms with Crippen LogP contribution < -0.4 is 0 Å². The van der Waals surface area contributed by atoms with Gasteiger partial charge in [0.1, 0.15) is 24.1 Å². The summed E-state index contributed by atoms with van der Waals surface area (Å²) in [5.41, 5.74) is 1.79. The highest BCUT2D eigenvalue weighted by atomic mass is 19.1. The predicted octanol–water partition coefficient (Wildman–Crippen LogP) is 5.75. The van der Waals surface area contributed by atoms with Crippen LogP contribution in [0.1, 0.15) is 64.9 Å². The number of ether oxygens (including phenoxy) is 4. The van der Waals surface area contributed by atoms with Crippen molar-refractivity contribution in [2.75, 3.05) is 26.4 Å². The van der Waals surface area contributed by atoms with E-state index in [0.29, 0.717) is 26.4 Å². The van der Waals surface area contributed by atoms with Crippen LogP contribution in [-0.4, -0.2) is 44.7 Å². The largest absolute Gasteiger partial charge is 0.492 e. The van der Waals surface area contributed by atoms with Gasteiger partial charge in [-0.05, 0) is 37.0 Å². The van der Waals surface area contributed by atoms with Crippen LogP contribution in [0.2, 0.25) is 0 Å². The minimum atomic E-state index is -0.266. The molecule has 0 saturated carbocycles. The van der Waals surface area contributed by atoms with Gasteiger partial charge in [0.05, 0.1) is 12.9 Å². The zero-order valence-corrected chi connectivity index (χ0v) is 18.2. The van der Waals surface area contributed by atoms with Crippen molar-refractivity contribution < 1.29 is 23.3 Å². The number of unbranched alkanes of at least 4 members (excludes halogenated alkanes) is 3. The number of halogens is 1. The van der Waals surface area contributed by atoms with Gasteiger partial charge in [0.2, 0.25) is 0 Å². The Balaban J connectivity index is 2.21. The molecule has 0 saturated heterocycles. The summed E-state index contributed by atoms with van der Waals surface area (Å²) in [5, 5.41) is 0. The molecule has 0 fully saturated rings. The summed E-state index contributed by atoms with van der Waals surface area (Å²) in [7, 11) is 0. The lowest BCUT2D eigenvalue weighted by Gasteiger charge is -2.38. The van der Waals surface area contributed by atoms with Gasteiger partial charge in [0, 0.05) is 25.4 Å². The van der Waals surface area contributed by atoms with Crippen molar-refractivity contribution >= 4 is 5.57 Å². The number of rotatable bonds is 14. The normalized spacial score (nSPS) is 21.7. The molecule has 4 nitrogen and oxygen atoms in total. The number of hydrogen-bond donors (Lipinski definition) is 0. The Labute approximate surface area is 175 Å². The highest BCUT2D eigenvalue weighted by Gasteiger charge is 2.39. The maximum absolute atomic E-state index is 13.4. The molecular weight excluding hydrogens is 371 g/mol. The second-order valence-corrected chi connectivity index (χ2v) is 7.52. The van der Waals surface area contributed by atoms with Crippen molar-refractivity contribution in [1.82, 2.24) is 0 Å². The molecule has 0 aliphatic carbocycles. The van der Waals surface area contributed by atoms with E-state index in [9.17, 15) is 4.39 Å². The second-order valence-electron chi connectivity index (χ2n) is 7.52. The molecule has 1 heterocycles. The van der Waals surface area contributed by atoms with Crippen molar-refractivity contribution in [2.45, 2.75) is 77.6 Å². The summed E-state index contributed by atoms with van der Waals surface area (Å²) >= 11 is 0.